The van der Waals surface area contributed by atoms with Crippen LogP contribution in [0, 0.1) is 0 Å². The zero-order valence-corrected chi connectivity index (χ0v) is 19.9. The molecule has 8 nitrogen and oxygen atoms in total. The number of carbonyl (C=O) groups excluding carboxylic acids is 1. The molecule has 0 aliphatic carbocycles. The normalized spacial score (nSPS) is 10.6. The standard InChI is InChI=1S/C27H27N3O5/c1-4-32-22-16-21(17-23(33-5-2)24(22)34-6-3)26-29-30-27(35-26)28-25(31)20-14-12-19(13-15-20)18-10-8-7-9-11-18/h7-17H,4-6H2,1-3H3,(H,28,30,31). The van der Waals surface area contributed by atoms with Gasteiger partial charge in [0.15, 0.2) is 11.5 Å². The van der Waals surface area contributed by atoms with Crippen molar-refractivity contribution in [3.05, 3.63) is 72.3 Å². The van der Waals surface area contributed by atoms with Gasteiger partial charge in [-0.25, -0.2) is 0 Å². The first kappa shape index (κ1) is 23.8. The molecule has 1 heterocycles. The van der Waals surface area contributed by atoms with Gasteiger partial charge in [-0.15, -0.1) is 5.10 Å². The first-order valence-electron chi connectivity index (χ1n) is 11.5. The van der Waals surface area contributed by atoms with Gasteiger partial charge in [-0.1, -0.05) is 47.6 Å². The molecule has 0 spiro atoms. The average molecular weight is 474 g/mol. The van der Waals surface area contributed by atoms with Crippen LogP contribution in [0.1, 0.15) is 31.1 Å². The molecule has 0 bridgehead atoms. The average Bonchev–Trinajstić information content (AvgIpc) is 3.35. The summed E-state index contributed by atoms with van der Waals surface area (Å²) in [5.41, 5.74) is 3.16. The van der Waals surface area contributed by atoms with Crippen molar-refractivity contribution in [3.63, 3.8) is 0 Å². The van der Waals surface area contributed by atoms with Gasteiger partial charge in [0.2, 0.25) is 11.6 Å². The summed E-state index contributed by atoms with van der Waals surface area (Å²) in [7, 11) is 0. The van der Waals surface area contributed by atoms with E-state index in [-0.39, 0.29) is 17.8 Å². The molecule has 0 aliphatic rings. The molecule has 3 aromatic carbocycles. The smallest absolute Gasteiger partial charge is 0.322 e. The second kappa shape index (κ2) is 11.2. The van der Waals surface area contributed by atoms with E-state index in [4.69, 9.17) is 18.6 Å². The van der Waals surface area contributed by atoms with E-state index in [0.29, 0.717) is 48.2 Å². The second-order valence-electron chi connectivity index (χ2n) is 7.41. The van der Waals surface area contributed by atoms with Crippen LogP contribution < -0.4 is 19.5 Å². The van der Waals surface area contributed by atoms with E-state index < -0.39 is 0 Å². The van der Waals surface area contributed by atoms with E-state index in [1.807, 2.05) is 63.2 Å². The fourth-order valence-electron chi connectivity index (χ4n) is 3.52. The largest absolute Gasteiger partial charge is 0.490 e. The summed E-state index contributed by atoms with van der Waals surface area (Å²) in [6.07, 6.45) is 0. The Labute approximate surface area is 203 Å². The van der Waals surface area contributed by atoms with Gasteiger partial charge in [0.1, 0.15) is 0 Å². The fourth-order valence-corrected chi connectivity index (χ4v) is 3.52. The van der Waals surface area contributed by atoms with Gasteiger partial charge >= 0.3 is 6.01 Å². The van der Waals surface area contributed by atoms with Gasteiger partial charge in [0, 0.05) is 11.1 Å². The Morgan fingerprint density at radius 3 is 1.97 bits per heavy atom. The molecule has 0 saturated heterocycles. The van der Waals surface area contributed by atoms with Crippen molar-refractivity contribution in [1.82, 2.24) is 10.2 Å². The van der Waals surface area contributed by atoms with Crippen LogP contribution in [0.2, 0.25) is 0 Å². The van der Waals surface area contributed by atoms with Crippen LogP contribution in [-0.2, 0) is 0 Å². The molecular weight excluding hydrogens is 446 g/mol. The molecule has 1 amide bonds. The zero-order chi connectivity index (χ0) is 24.6. The summed E-state index contributed by atoms with van der Waals surface area (Å²) in [5.74, 6) is 1.41. The van der Waals surface area contributed by atoms with E-state index in [0.717, 1.165) is 11.1 Å². The topological polar surface area (TPSA) is 95.7 Å². The predicted molar refractivity (Wildman–Crippen MR) is 133 cm³/mol. The highest BCUT2D eigenvalue weighted by atomic mass is 16.5. The number of hydrogen-bond acceptors (Lipinski definition) is 7. The Hall–Kier alpha value is -4.33. The Kier molecular flexibility index (Phi) is 7.62. The molecule has 0 atom stereocenters. The first-order chi connectivity index (χ1) is 17.1. The van der Waals surface area contributed by atoms with Gasteiger partial charge in [-0.2, -0.15) is 0 Å². The summed E-state index contributed by atoms with van der Waals surface area (Å²) in [5, 5.41) is 10.7. The van der Waals surface area contributed by atoms with E-state index in [9.17, 15) is 4.79 Å². The first-order valence-corrected chi connectivity index (χ1v) is 11.5. The van der Waals surface area contributed by atoms with Crippen molar-refractivity contribution in [2.45, 2.75) is 20.8 Å². The summed E-state index contributed by atoms with van der Waals surface area (Å²) in [6, 6.07) is 20.7. The number of nitrogens with one attached hydrogen (secondary N) is 1. The molecule has 8 heteroatoms. The quantitative estimate of drug-likeness (QED) is 0.308. The number of anilines is 1. The SMILES string of the molecule is CCOc1cc(-c2nnc(NC(=O)c3ccc(-c4ccccc4)cc3)o2)cc(OCC)c1OCC. The molecule has 0 saturated carbocycles. The van der Waals surface area contributed by atoms with Crippen molar-refractivity contribution in [2.75, 3.05) is 25.1 Å². The van der Waals surface area contributed by atoms with Crippen LogP contribution in [0.3, 0.4) is 0 Å². The van der Waals surface area contributed by atoms with Gasteiger partial charge < -0.3 is 18.6 Å². The Morgan fingerprint density at radius 2 is 1.37 bits per heavy atom. The molecule has 180 valence electrons. The molecule has 35 heavy (non-hydrogen) atoms. The maximum absolute atomic E-state index is 12.7. The number of hydrogen-bond donors (Lipinski definition) is 1. The molecule has 4 aromatic rings. The number of amides is 1. The van der Waals surface area contributed by atoms with Crippen molar-refractivity contribution in [2.24, 2.45) is 0 Å². The van der Waals surface area contributed by atoms with Gasteiger partial charge in [-0.3, -0.25) is 10.1 Å². The fraction of sp³-hybridized carbons (Fsp3) is 0.222. The Balaban J connectivity index is 1.53. The monoisotopic (exact) mass is 473 g/mol. The molecule has 0 unspecified atom stereocenters. The number of carbonyl (C=O) groups is 1. The molecule has 1 N–H and O–H groups in total. The minimum absolute atomic E-state index is 0.0121. The van der Waals surface area contributed by atoms with Gasteiger partial charge in [0.05, 0.1) is 19.8 Å². The zero-order valence-electron chi connectivity index (χ0n) is 19.9. The van der Waals surface area contributed by atoms with Gasteiger partial charge in [0.25, 0.3) is 5.91 Å². The van der Waals surface area contributed by atoms with Crippen molar-refractivity contribution in [3.8, 4) is 39.8 Å². The third-order valence-electron chi connectivity index (χ3n) is 5.06. The van der Waals surface area contributed by atoms with Crippen molar-refractivity contribution >= 4 is 11.9 Å². The lowest BCUT2D eigenvalue weighted by Gasteiger charge is -2.16. The third kappa shape index (κ3) is 5.60. The highest BCUT2D eigenvalue weighted by Gasteiger charge is 2.19. The summed E-state index contributed by atoms with van der Waals surface area (Å²) < 4.78 is 22.9. The van der Waals surface area contributed by atoms with E-state index >= 15 is 0 Å². The number of ether oxygens (including phenoxy) is 3. The minimum atomic E-state index is -0.350. The van der Waals surface area contributed by atoms with E-state index in [1.165, 1.54) is 0 Å². The van der Waals surface area contributed by atoms with E-state index in [1.54, 1.807) is 24.3 Å². The van der Waals surface area contributed by atoms with Gasteiger partial charge in [-0.05, 0) is 56.2 Å². The highest BCUT2D eigenvalue weighted by Crippen LogP contribution is 2.41. The van der Waals surface area contributed by atoms with Crippen molar-refractivity contribution in [1.29, 1.82) is 0 Å². The minimum Gasteiger partial charge on any atom is -0.490 e. The highest BCUT2D eigenvalue weighted by molar-refractivity contribution is 6.03. The number of benzene rings is 3. The molecular formula is C27H27N3O5. The summed E-state index contributed by atoms with van der Waals surface area (Å²) in [4.78, 5) is 12.7. The Bertz CT molecular complexity index is 1240. The number of rotatable bonds is 10. The van der Waals surface area contributed by atoms with Crippen LogP contribution in [0.5, 0.6) is 17.2 Å². The summed E-state index contributed by atoms with van der Waals surface area (Å²) >= 11 is 0. The lowest BCUT2D eigenvalue weighted by molar-refractivity contribution is 0.102. The lowest BCUT2D eigenvalue weighted by atomic mass is 10.0. The molecule has 0 fully saturated rings. The van der Waals surface area contributed by atoms with Crippen LogP contribution in [-0.4, -0.2) is 35.9 Å². The van der Waals surface area contributed by atoms with Crippen LogP contribution in [0.25, 0.3) is 22.6 Å². The molecule has 1 aromatic heterocycles. The maximum atomic E-state index is 12.7. The molecule has 0 radical (unpaired) electrons. The number of aromatic nitrogens is 2. The second-order valence-corrected chi connectivity index (χ2v) is 7.41. The summed E-state index contributed by atoms with van der Waals surface area (Å²) in [6.45, 7) is 7.02. The Morgan fingerprint density at radius 1 is 0.771 bits per heavy atom. The number of nitrogens with zero attached hydrogens (tertiary/aromatic N) is 2. The lowest BCUT2D eigenvalue weighted by Crippen LogP contribution is -2.11. The van der Waals surface area contributed by atoms with E-state index in [2.05, 4.69) is 15.5 Å². The molecule has 4 rings (SSSR count). The van der Waals surface area contributed by atoms with Crippen LogP contribution in [0.15, 0.2) is 71.1 Å². The van der Waals surface area contributed by atoms with Crippen molar-refractivity contribution < 1.29 is 23.4 Å². The van der Waals surface area contributed by atoms with Crippen LogP contribution >= 0.6 is 0 Å². The van der Waals surface area contributed by atoms with Crippen LogP contribution in [0.4, 0.5) is 6.01 Å². The maximum Gasteiger partial charge on any atom is 0.322 e. The molecule has 0 aliphatic heterocycles. The third-order valence-corrected chi connectivity index (χ3v) is 5.06. The predicted octanol–water partition coefficient (Wildman–Crippen LogP) is 5.85.